The average molecular weight is 256 g/mol. The molecular weight excluding hydrogens is 244 g/mol. The fourth-order valence-corrected chi connectivity index (χ4v) is 1.89. The Balaban J connectivity index is 1.88. The summed E-state index contributed by atoms with van der Waals surface area (Å²) in [6, 6.07) is 8.88. The lowest BCUT2D eigenvalue weighted by Gasteiger charge is -2.17. The Morgan fingerprint density at radius 3 is 2.89 bits per heavy atom. The molecule has 1 aliphatic heterocycles. The number of anilines is 1. The third-order valence-corrected chi connectivity index (χ3v) is 2.96. The lowest BCUT2D eigenvalue weighted by Crippen LogP contribution is -2.26. The molecule has 1 aliphatic rings. The summed E-state index contributed by atoms with van der Waals surface area (Å²) in [5.41, 5.74) is 1.29. The number of pyridine rings is 1. The molecule has 0 fully saturated rings. The standard InChI is InChI=1S/C14H12N2O3/c1-16(14(17)10-3-2-6-15-8-10)11-4-5-12-13(7-11)19-9-18-12/h2-8H,9H2,1H3. The van der Waals surface area contributed by atoms with Crippen molar-refractivity contribution in [3.63, 3.8) is 0 Å². The van der Waals surface area contributed by atoms with E-state index in [9.17, 15) is 4.79 Å². The molecule has 1 amide bonds. The monoisotopic (exact) mass is 256 g/mol. The third-order valence-electron chi connectivity index (χ3n) is 2.96. The first-order chi connectivity index (χ1) is 9.25. The molecule has 1 aromatic carbocycles. The molecule has 0 radical (unpaired) electrons. The van der Waals surface area contributed by atoms with Crippen LogP contribution in [0.15, 0.2) is 42.7 Å². The van der Waals surface area contributed by atoms with Crippen molar-refractivity contribution in [1.29, 1.82) is 0 Å². The van der Waals surface area contributed by atoms with E-state index in [1.54, 1.807) is 48.6 Å². The van der Waals surface area contributed by atoms with Gasteiger partial charge in [-0.1, -0.05) is 0 Å². The van der Waals surface area contributed by atoms with Crippen LogP contribution in [0.2, 0.25) is 0 Å². The van der Waals surface area contributed by atoms with Crippen LogP contribution in [0, 0.1) is 0 Å². The fraction of sp³-hybridized carbons (Fsp3) is 0.143. The quantitative estimate of drug-likeness (QED) is 0.825. The first-order valence-corrected chi connectivity index (χ1v) is 5.83. The predicted octanol–water partition coefficient (Wildman–Crippen LogP) is 2.09. The highest BCUT2D eigenvalue weighted by Crippen LogP contribution is 2.35. The highest BCUT2D eigenvalue weighted by Gasteiger charge is 2.18. The molecule has 0 spiro atoms. The molecule has 0 saturated heterocycles. The first-order valence-electron chi connectivity index (χ1n) is 5.83. The van der Waals surface area contributed by atoms with Gasteiger partial charge in [0.25, 0.3) is 5.91 Å². The topological polar surface area (TPSA) is 51.7 Å². The molecule has 2 heterocycles. The molecule has 0 saturated carbocycles. The first kappa shape index (κ1) is 11.5. The number of aromatic nitrogens is 1. The van der Waals surface area contributed by atoms with Gasteiger partial charge in [-0.15, -0.1) is 0 Å². The Morgan fingerprint density at radius 2 is 2.11 bits per heavy atom. The molecule has 0 unspecified atom stereocenters. The van der Waals surface area contributed by atoms with Crippen molar-refractivity contribution in [1.82, 2.24) is 4.98 Å². The number of hydrogen-bond donors (Lipinski definition) is 0. The van der Waals surface area contributed by atoms with Crippen LogP contribution in [-0.2, 0) is 0 Å². The second-order valence-corrected chi connectivity index (χ2v) is 4.14. The van der Waals surface area contributed by atoms with Crippen molar-refractivity contribution in [3.8, 4) is 11.5 Å². The van der Waals surface area contributed by atoms with E-state index in [0.717, 1.165) is 5.69 Å². The van der Waals surface area contributed by atoms with Crippen LogP contribution in [0.5, 0.6) is 11.5 Å². The lowest BCUT2D eigenvalue weighted by atomic mass is 10.2. The SMILES string of the molecule is CN(C(=O)c1cccnc1)c1ccc2c(c1)OCO2. The van der Waals surface area contributed by atoms with E-state index in [2.05, 4.69) is 4.98 Å². The maximum atomic E-state index is 12.3. The number of rotatable bonds is 2. The number of nitrogens with zero attached hydrogens (tertiary/aromatic N) is 2. The normalized spacial score (nSPS) is 12.3. The Labute approximate surface area is 110 Å². The van der Waals surface area contributed by atoms with Gasteiger partial charge >= 0.3 is 0 Å². The summed E-state index contributed by atoms with van der Waals surface area (Å²) in [7, 11) is 1.72. The van der Waals surface area contributed by atoms with Crippen LogP contribution in [0.3, 0.4) is 0 Å². The van der Waals surface area contributed by atoms with Crippen molar-refractivity contribution >= 4 is 11.6 Å². The van der Waals surface area contributed by atoms with Crippen LogP contribution in [0.1, 0.15) is 10.4 Å². The highest BCUT2D eigenvalue weighted by molar-refractivity contribution is 6.05. The summed E-state index contributed by atoms with van der Waals surface area (Å²) >= 11 is 0. The maximum absolute atomic E-state index is 12.3. The van der Waals surface area contributed by atoms with Gasteiger partial charge < -0.3 is 14.4 Å². The minimum Gasteiger partial charge on any atom is -0.454 e. The van der Waals surface area contributed by atoms with Crippen LogP contribution in [0.4, 0.5) is 5.69 Å². The van der Waals surface area contributed by atoms with E-state index in [4.69, 9.17) is 9.47 Å². The minimum absolute atomic E-state index is 0.119. The number of carbonyl (C=O) groups is 1. The van der Waals surface area contributed by atoms with E-state index in [0.29, 0.717) is 17.1 Å². The number of amides is 1. The van der Waals surface area contributed by atoms with Crippen LogP contribution >= 0.6 is 0 Å². The zero-order valence-electron chi connectivity index (χ0n) is 10.4. The van der Waals surface area contributed by atoms with E-state index < -0.39 is 0 Å². The van der Waals surface area contributed by atoms with Gasteiger partial charge in [0.15, 0.2) is 11.5 Å². The van der Waals surface area contributed by atoms with Gasteiger partial charge in [-0.25, -0.2) is 0 Å². The van der Waals surface area contributed by atoms with E-state index in [-0.39, 0.29) is 12.7 Å². The molecule has 1 aromatic heterocycles. The molecule has 5 nitrogen and oxygen atoms in total. The summed E-state index contributed by atoms with van der Waals surface area (Å²) in [6.07, 6.45) is 3.18. The Morgan fingerprint density at radius 1 is 1.26 bits per heavy atom. The van der Waals surface area contributed by atoms with Gasteiger partial charge in [0, 0.05) is 31.2 Å². The molecule has 19 heavy (non-hydrogen) atoms. The van der Waals surface area contributed by atoms with Gasteiger partial charge in [-0.2, -0.15) is 0 Å². The second kappa shape index (κ2) is 4.61. The lowest BCUT2D eigenvalue weighted by molar-refractivity contribution is 0.0992. The number of ether oxygens (including phenoxy) is 2. The maximum Gasteiger partial charge on any atom is 0.259 e. The largest absolute Gasteiger partial charge is 0.454 e. The molecule has 96 valence electrons. The molecular formula is C14H12N2O3. The van der Waals surface area contributed by atoms with Crippen LogP contribution < -0.4 is 14.4 Å². The Kier molecular flexibility index (Phi) is 2.79. The molecule has 0 bridgehead atoms. The molecule has 0 N–H and O–H groups in total. The number of benzene rings is 1. The minimum atomic E-state index is -0.119. The zero-order chi connectivity index (χ0) is 13.2. The molecule has 5 heteroatoms. The third kappa shape index (κ3) is 2.10. The summed E-state index contributed by atoms with van der Waals surface area (Å²) in [5.74, 6) is 1.24. The smallest absolute Gasteiger partial charge is 0.259 e. The van der Waals surface area contributed by atoms with Gasteiger partial charge in [-0.05, 0) is 24.3 Å². The van der Waals surface area contributed by atoms with Crippen LogP contribution in [0.25, 0.3) is 0 Å². The predicted molar refractivity (Wildman–Crippen MR) is 69.5 cm³/mol. The summed E-state index contributed by atoms with van der Waals surface area (Å²) in [5, 5.41) is 0. The van der Waals surface area contributed by atoms with Gasteiger partial charge in [0.2, 0.25) is 6.79 Å². The molecule has 2 aromatic rings. The van der Waals surface area contributed by atoms with Crippen molar-refractivity contribution in [3.05, 3.63) is 48.3 Å². The average Bonchev–Trinajstić information content (AvgIpc) is 2.94. The molecule has 0 atom stereocenters. The Bertz CT molecular complexity index is 613. The number of carbonyl (C=O) groups excluding carboxylic acids is 1. The van der Waals surface area contributed by atoms with Gasteiger partial charge in [-0.3, -0.25) is 9.78 Å². The van der Waals surface area contributed by atoms with Crippen molar-refractivity contribution in [2.75, 3.05) is 18.7 Å². The summed E-state index contributed by atoms with van der Waals surface area (Å²) < 4.78 is 10.5. The van der Waals surface area contributed by atoms with Gasteiger partial charge in [0.1, 0.15) is 0 Å². The fourth-order valence-electron chi connectivity index (χ4n) is 1.89. The van der Waals surface area contributed by atoms with Crippen LogP contribution in [-0.4, -0.2) is 24.7 Å². The van der Waals surface area contributed by atoms with Crippen molar-refractivity contribution in [2.45, 2.75) is 0 Å². The van der Waals surface area contributed by atoms with E-state index in [1.165, 1.54) is 0 Å². The number of hydrogen-bond acceptors (Lipinski definition) is 4. The van der Waals surface area contributed by atoms with E-state index >= 15 is 0 Å². The molecule has 0 aliphatic carbocycles. The van der Waals surface area contributed by atoms with Crippen molar-refractivity contribution < 1.29 is 14.3 Å². The van der Waals surface area contributed by atoms with Gasteiger partial charge in [0.05, 0.1) is 5.56 Å². The molecule has 3 rings (SSSR count). The number of fused-ring (bicyclic) bond motifs is 1. The van der Waals surface area contributed by atoms with Crippen molar-refractivity contribution in [2.24, 2.45) is 0 Å². The van der Waals surface area contributed by atoms with E-state index in [1.807, 2.05) is 6.07 Å². The Hall–Kier alpha value is -2.56. The zero-order valence-corrected chi connectivity index (χ0v) is 10.4. The highest BCUT2D eigenvalue weighted by atomic mass is 16.7. The summed E-state index contributed by atoms with van der Waals surface area (Å²) in [4.78, 5) is 17.8. The second-order valence-electron chi connectivity index (χ2n) is 4.14. The summed E-state index contributed by atoms with van der Waals surface area (Å²) in [6.45, 7) is 0.221.